The molecule has 0 radical (unpaired) electrons. The molecule has 0 fully saturated rings. The third kappa shape index (κ3) is 3.37. The lowest BCUT2D eigenvalue weighted by atomic mass is 10.2. The summed E-state index contributed by atoms with van der Waals surface area (Å²) in [7, 11) is -0.341. The molecule has 0 atom stereocenters. The molecule has 2 aromatic rings. The minimum atomic E-state index is -3.58. The average Bonchev–Trinajstić information content (AvgIpc) is 2.49. The quantitative estimate of drug-likeness (QED) is 0.918. The standard InChI is InChI=1S/C15H17ClN2O2S/c1-17-14-9-5-6-10-15(14)21(19,20)18(2)11-12-7-3-4-8-13(12)16/h3-10,17H,11H2,1-2H3. The van der Waals surface area contributed by atoms with Crippen LogP contribution in [0.3, 0.4) is 0 Å². The molecule has 0 bridgehead atoms. The molecule has 0 aliphatic heterocycles. The molecule has 0 saturated heterocycles. The first kappa shape index (κ1) is 15.8. The highest BCUT2D eigenvalue weighted by molar-refractivity contribution is 7.89. The van der Waals surface area contributed by atoms with Crippen molar-refractivity contribution in [3.05, 3.63) is 59.1 Å². The number of benzene rings is 2. The summed E-state index contributed by atoms with van der Waals surface area (Å²) in [6.07, 6.45) is 0. The number of sulfonamides is 1. The highest BCUT2D eigenvalue weighted by Gasteiger charge is 2.24. The molecule has 0 amide bonds. The SMILES string of the molecule is CNc1ccccc1S(=O)(=O)N(C)Cc1ccccc1Cl. The predicted octanol–water partition coefficient (Wildman–Crippen LogP) is 3.20. The summed E-state index contributed by atoms with van der Waals surface area (Å²) in [4.78, 5) is 0.252. The summed E-state index contributed by atoms with van der Waals surface area (Å²) in [6.45, 7) is 0.222. The predicted molar refractivity (Wildman–Crippen MR) is 86.1 cm³/mol. The summed E-state index contributed by atoms with van der Waals surface area (Å²) in [5, 5.41) is 3.46. The van der Waals surface area contributed by atoms with Crippen molar-refractivity contribution >= 4 is 27.3 Å². The van der Waals surface area contributed by atoms with E-state index in [0.717, 1.165) is 5.56 Å². The summed E-state index contributed by atoms with van der Waals surface area (Å²) < 4.78 is 26.6. The van der Waals surface area contributed by atoms with Crippen LogP contribution in [-0.2, 0) is 16.6 Å². The van der Waals surface area contributed by atoms with Gasteiger partial charge in [-0.2, -0.15) is 4.31 Å². The van der Waals surface area contributed by atoms with Crippen LogP contribution in [0, 0.1) is 0 Å². The van der Waals surface area contributed by atoms with Crippen molar-refractivity contribution in [1.82, 2.24) is 4.31 Å². The Kier molecular flexibility index (Phi) is 4.88. The topological polar surface area (TPSA) is 49.4 Å². The van der Waals surface area contributed by atoms with Gasteiger partial charge in [-0.25, -0.2) is 8.42 Å². The van der Waals surface area contributed by atoms with Gasteiger partial charge >= 0.3 is 0 Å². The molecule has 0 aromatic heterocycles. The summed E-state index contributed by atoms with van der Waals surface area (Å²) >= 11 is 6.09. The first-order valence-corrected chi connectivity index (χ1v) is 8.25. The molecule has 0 heterocycles. The molecule has 2 aromatic carbocycles. The van der Waals surface area contributed by atoms with Gasteiger partial charge in [0.2, 0.25) is 10.0 Å². The minimum absolute atomic E-state index is 0.222. The number of hydrogen-bond donors (Lipinski definition) is 1. The van der Waals surface area contributed by atoms with Crippen molar-refractivity contribution in [2.75, 3.05) is 19.4 Å². The van der Waals surface area contributed by atoms with Gasteiger partial charge in [0.25, 0.3) is 0 Å². The van der Waals surface area contributed by atoms with E-state index < -0.39 is 10.0 Å². The first-order chi connectivity index (χ1) is 9.96. The Bertz CT molecular complexity index is 732. The van der Waals surface area contributed by atoms with Gasteiger partial charge in [0.15, 0.2) is 0 Å². The zero-order valence-corrected chi connectivity index (χ0v) is 13.4. The zero-order chi connectivity index (χ0) is 15.5. The smallest absolute Gasteiger partial charge is 0.245 e. The van der Waals surface area contributed by atoms with Crippen molar-refractivity contribution < 1.29 is 8.42 Å². The Morgan fingerprint density at radius 1 is 1.10 bits per heavy atom. The molecule has 0 aliphatic carbocycles. The Balaban J connectivity index is 2.33. The first-order valence-electron chi connectivity index (χ1n) is 6.43. The number of nitrogens with one attached hydrogen (secondary N) is 1. The van der Waals surface area contributed by atoms with E-state index in [2.05, 4.69) is 5.32 Å². The van der Waals surface area contributed by atoms with Crippen molar-refractivity contribution in [2.24, 2.45) is 0 Å². The molecule has 6 heteroatoms. The number of rotatable bonds is 5. The Hall–Kier alpha value is -1.56. The summed E-state index contributed by atoms with van der Waals surface area (Å²) in [6, 6.07) is 14.0. The summed E-state index contributed by atoms with van der Waals surface area (Å²) in [5.74, 6) is 0. The number of halogens is 1. The van der Waals surface area contributed by atoms with E-state index in [-0.39, 0.29) is 11.4 Å². The van der Waals surface area contributed by atoms with E-state index in [1.807, 2.05) is 18.2 Å². The average molecular weight is 325 g/mol. The van der Waals surface area contributed by atoms with Crippen LogP contribution in [0.2, 0.25) is 5.02 Å². The molecular weight excluding hydrogens is 308 g/mol. The van der Waals surface area contributed by atoms with E-state index in [1.165, 1.54) is 4.31 Å². The fourth-order valence-corrected chi connectivity index (χ4v) is 3.56. The maximum atomic E-state index is 12.7. The van der Waals surface area contributed by atoms with Crippen LogP contribution in [0.4, 0.5) is 5.69 Å². The molecule has 0 spiro atoms. The number of para-hydroxylation sites is 1. The Morgan fingerprint density at radius 3 is 2.38 bits per heavy atom. The van der Waals surface area contributed by atoms with Crippen LogP contribution < -0.4 is 5.32 Å². The maximum absolute atomic E-state index is 12.7. The van der Waals surface area contributed by atoms with Gasteiger partial charge in [0, 0.05) is 25.7 Å². The number of anilines is 1. The second kappa shape index (κ2) is 6.47. The van der Waals surface area contributed by atoms with E-state index in [0.29, 0.717) is 10.7 Å². The lowest BCUT2D eigenvalue weighted by Crippen LogP contribution is -2.27. The lowest BCUT2D eigenvalue weighted by Gasteiger charge is -2.19. The second-order valence-electron chi connectivity index (χ2n) is 4.60. The Morgan fingerprint density at radius 2 is 1.71 bits per heavy atom. The molecule has 21 heavy (non-hydrogen) atoms. The van der Waals surface area contributed by atoms with Crippen molar-refractivity contribution in [3.63, 3.8) is 0 Å². The molecule has 0 unspecified atom stereocenters. The Labute approximate surface area is 130 Å². The van der Waals surface area contributed by atoms with Gasteiger partial charge in [-0.15, -0.1) is 0 Å². The normalized spacial score (nSPS) is 11.6. The molecule has 0 saturated carbocycles. The van der Waals surface area contributed by atoms with E-state index >= 15 is 0 Å². The lowest BCUT2D eigenvalue weighted by molar-refractivity contribution is 0.467. The molecule has 0 aliphatic rings. The van der Waals surface area contributed by atoms with Crippen LogP contribution in [-0.4, -0.2) is 26.8 Å². The molecule has 4 nitrogen and oxygen atoms in total. The van der Waals surface area contributed by atoms with E-state index in [9.17, 15) is 8.42 Å². The van der Waals surface area contributed by atoms with Crippen LogP contribution >= 0.6 is 11.6 Å². The van der Waals surface area contributed by atoms with Crippen LogP contribution in [0.1, 0.15) is 5.56 Å². The van der Waals surface area contributed by atoms with E-state index in [4.69, 9.17) is 11.6 Å². The van der Waals surface area contributed by atoms with Crippen molar-refractivity contribution in [1.29, 1.82) is 0 Å². The fraction of sp³-hybridized carbons (Fsp3) is 0.200. The zero-order valence-electron chi connectivity index (χ0n) is 11.9. The third-order valence-electron chi connectivity index (χ3n) is 3.20. The summed E-state index contributed by atoms with van der Waals surface area (Å²) in [5.41, 5.74) is 1.34. The van der Waals surface area contributed by atoms with E-state index in [1.54, 1.807) is 44.4 Å². The third-order valence-corrected chi connectivity index (χ3v) is 5.43. The monoisotopic (exact) mass is 324 g/mol. The maximum Gasteiger partial charge on any atom is 0.245 e. The van der Waals surface area contributed by atoms with Crippen molar-refractivity contribution in [3.8, 4) is 0 Å². The second-order valence-corrected chi connectivity index (χ2v) is 7.02. The molecular formula is C15H17ClN2O2S. The molecule has 1 N–H and O–H groups in total. The van der Waals surface area contributed by atoms with Crippen LogP contribution in [0.5, 0.6) is 0 Å². The van der Waals surface area contributed by atoms with Crippen molar-refractivity contribution in [2.45, 2.75) is 11.4 Å². The number of hydrogen-bond acceptors (Lipinski definition) is 3. The fourth-order valence-electron chi connectivity index (χ4n) is 2.02. The minimum Gasteiger partial charge on any atom is -0.387 e. The van der Waals surface area contributed by atoms with Crippen LogP contribution in [0.25, 0.3) is 0 Å². The van der Waals surface area contributed by atoms with Gasteiger partial charge in [-0.3, -0.25) is 0 Å². The van der Waals surface area contributed by atoms with Gasteiger partial charge in [-0.1, -0.05) is 41.9 Å². The number of nitrogens with zero attached hydrogens (tertiary/aromatic N) is 1. The largest absolute Gasteiger partial charge is 0.387 e. The molecule has 112 valence electrons. The van der Waals surface area contributed by atoms with Gasteiger partial charge < -0.3 is 5.32 Å². The molecule has 2 rings (SSSR count). The highest BCUT2D eigenvalue weighted by Crippen LogP contribution is 2.25. The van der Waals surface area contributed by atoms with Gasteiger partial charge in [-0.05, 0) is 23.8 Å². The van der Waals surface area contributed by atoms with Crippen LogP contribution in [0.15, 0.2) is 53.4 Å². The van der Waals surface area contributed by atoms with Gasteiger partial charge in [0.05, 0.1) is 5.69 Å². The van der Waals surface area contributed by atoms with Gasteiger partial charge in [0.1, 0.15) is 4.90 Å². The highest BCUT2D eigenvalue weighted by atomic mass is 35.5.